The minimum atomic E-state index is -0.520. The number of hydrogen-bond acceptors (Lipinski definition) is 7. The predicted molar refractivity (Wildman–Crippen MR) is 164 cm³/mol. The van der Waals surface area contributed by atoms with Crippen molar-refractivity contribution in [3.8, 4) is 11.5 Å². The minimum Gasteiger partial charge on any atom is -0.495 e. The Morgan fingerprint density at radius 1 is 1.10 bits per heavy atom. The van der Waals surface area contributed by atoms with Crippen LogP contribution in [-0.2, 0) is 11.4 Å². The van der Waals surface area contributed by atoms with E-state index in [9.17, 15) is 4.79 Å². The normalized spacial score (nSPS) is 14.3. The van der Waals surface area contributed by atoms with Gasteiger partial charge in [0.1, 0.15) is 24.1 Å². The highest BCUT2D eigenvalue weighted by Crippen LogP contribution is 2.38. The van der Waals surface area contributed by atoms with Crippen LogP contribution in [0, 0.1) is 0 Å². The quantitative estimate of drug-likeness (QED) is 0.179. The molecule has 0 bridgehead atoms. The number of aromatic nitrogens is 3. The average molecular weight is 611 g/mol. The summed E-state index contributed by atoms with van der Waals surface area (Å²) in [5.41, 5.74) is 3.55. The van der Waals surface area contributed by atoms with Crippen molar-refractivity contribution in [3.63, 3.8) is 0 Å². The molecule has 212 valence electrons. The fourth-order valence-electron chi connectivity index (χ4n) is 4.47. The van der Waals surface area contributed by atoms with Crippen LogP contribution in [0.25, 0.3) is 0 Å². The summed E-state index contributed by atoms with van der Waals surface area (Å²) in [4.78, 5) is 18.5. The molecule has 0 radical (unpaired) electrons. The molecule has 0 saturated carbocycles. The molecule has 11 heteroatoms. The summed E-state index contributed by atoms with van der Waals surface area (Å²) in [6, 6.07) is 19.8. The summed E-state index contributed by atoms with van der Waals surface area (Å²) in [5, 5.41) is 12.7. The van der Waals surface area contributed by atoms with Gasteiger partial charge >= 0.3 is 0 Å². The zero-order valence-corrected chi connectivity index (χ0v) is 25.1. The Hall–Kier alpha value is -3.66. The Labute approximate surface area is 253 Å². The molecule has 41 heavy (non-hydrogen) atoms. The number of anilines is 2. The molecule has 1 atom stereocenters. The molecule has 0 aliphatic carbocycles. The standard InChI is InChI=1S/C30H29Cl2N5O3S/c1-4-15-41-30-35-29-33-18(2)26(28(38)34-24-7-5-6-8-25(24)39-3)27(37(29)36-30)20-10-12-21(13-11-20)40-17-19-9-14-22(31)23(32)16-19/h5-14,16,27H,4,15,17H2,1-3H3,(H,34,38)(H,33,35,36). The lowest BCUT2D eigenvalue weighted by molar-refractivity contribution is -0.113. The van der Waals surface area contributed by atoms with E-state index in [0.717, 1.165) is 23.3 Å². The Morgan fingerprint density at radius 3 is 2.61 bits per heavy atom. The van der Waals surface area contributed by atoms with Crippen molar-refractivity contribution in [2.24, 2.45) is 0 Å². The molecule has 0 spiro atoms. The number of halogens is 2. The molecule has 0 saturated heterocycles. The number of nitrogens with one attached hydrogen (secondary N) is 2. The number of methoxy groups -OCH3 is 1. The lowest BCUT2D eigenvalue weighted by Crippen LogP contribution is -2.31. The SMILES string of the molecule is CCCSc1nc2n(n1)C(c1ccc(OCc3ccc(Cl)c(Cl)c3)cc1)C(C(=O)Nc1ccccc1OC)=C(C)N2. The molecule has 8 nitrogen and oxygen atoms in total. The largest absolute Gasteiger partial charge is 0.495 e. The number of amides is 1. The first kappa shape index (κ1) is 28.9. The van der Waals surface area contributed by atoms with Crippen molar-refractivity contribution in [3.05, 3.63) is 99.2 Å². The average Bonchev–Trinajstić information content (AvgIpc) is 3.38. The summed E-state index contributed by atoms with van der Waals surface area (Å²) < 4.78 is 13.2. The van der Waals surface area contributed by atoms with Crippen LogP contribution >= 0.6 is 35.0 Å². The van der Waals surface area contributed by atoms with E-state index in [1.165, 1.54) is 0 Å². The first-order valence-electron chi connectivity index (χ1n) is 13.1. The molecule has 2 N–H and O–H groups in total. The van der Waals surface area contributed by atoms with Crippen LogP contribution in [0.4, 0.5) is 11.6 Å². The van der Waals surface area contributed by atoms with Crippen molar-refractivity contribution in [1.29, 1.82) is 0 Å². The second-order valence-electron chi connectivity index (χ2n) is 9.34. The molecule has 1 aliphatic rings. The van der Waals surface area contributed by atoms with Gasteiger partial charge in [0.2, 0.25) is 11.1 Å². The van der Waals surface area contributed by atoms with Gasteiger partial charge in [-0.1, -0.05) is 72.2 Å². The van der Waals surface area contributed by atoms with Crippen molar-refractivity contribution >= 4 is 52.5 Å². The summed E-state index contributed by atoms with van der Waals surface area (Å²) in [6.07, 6.45) is 0.999. The van der Waals surface area contributed by atoms with E-state index in [4.69, 9.17) is 37.8 Å². The number of carbonyl (C=O) groups excluding carboxylic acids is 1. The Kier molecular flexibility index (Phi) is 9.07. The molecular formula is C30H29Cl2N5O3S. The van der Waals surface area contributed by atoms with Crippen molar-refractivity contribution < 1.29 is 14.3 Å². The van der Waals surface area contributed by atoms with Crippen LogP contribution in [0.15, 0.2) is 83.2 Å². The number of hydrogen-bond donors (Lipinski definition) is 2. The second kappa shape index (κ2) is 12.9. The fourth-order valence-corrected chi connectivity index (χ4v) is 5.47. The molecule has 1 aromatic heterocycles. The topological polar surface area (TPSA) is 90.3 Å². The van der Waals surface area contributed by atoms with Crippen LogP contribution in [0.1, 0.15) is 37.4 Å². The first-order chi connectivity index (χ1) is 19.9. The summed E-state index contributed by atoms with van der Waals surface area (Å²) in [7, 11) is 1.57. The van der Waals surface area contributed by atoms with E-state index in [2.05, 4.69) is 22.5 Å². The van der Waals surface area contributed by atoms with E-state index < -0.39 is 6.04 Å². The molecule has 3 aromatic carbocycles. The molecule has 4 aromatic rings. The highest BCUT2D eigenvalue weighted by atomic mass is 35.5. The van der Waals surface area contributed by atoms with Gasteiger partial charge in [0.05, 0.1) is 28.4 Å². The van der Waals surface area contributed by atoms with Crippen molar-refractivity contribution in [2.75, 3.05) is 23.5 Å². The van der Waals surface area contributed by atoms with Crippen molar-refractivity contribution in [2.45, 2.75) is 38.1 Å². The summed E-state index contributed by atoms with van der Waals surface area (Å²) in [5.74, 6) is 2.45. The number of rotatable bonds is 10. The van der Waals surface area contributed by atoms with Gasteiger partial charge in [-0.25, -0.2) is 4.68 Å². The zero-order chi connectivity index (χ0) is 28.9. The maximum atomic E-state index is 13.8. The molecule has 1 amide bonds. The molecule has 5 rings (SSSR count). The number of para-hydroxylation sites is 2. The highest BCUT2D eigenvalue weighted by Gasteiger charge is 2.34. The zero-order valence-electron chi connectivity index (χ0n) is 22.8. The molecule has 1 aliphatic heterocycles. The van der Waals surface area contributed by atoms with Crippen LogP contribution in [-0.4, -0.2) is 33.5 Å². The van der Waals surface area contributed by atoms with Gasteiger partial charge in [0, 0.05) is 11.4 Å². The van der Waals surface area contributed by atoms with Crippen LogP contribution in [0.5, 0.6) is 11.5 Å². The van der Waals surface area contributed by atoms with E-state index in [1.807, 2.05) is 49.4 Å². The van der Waals surface area contributed by atoms with Gasteiger partial charge in [-0.3, -0.25) is 4.79 Å². The van der Waals surface area contributed by atoms with Gasteiger partial charge in [-0.05, 0) is 60.9 Å². The third kappa shape index (κ3) is 6.48. The molecule has 2 heterocycles. The monoisotopic (exact) mass is 609 g/mol. The maximum absolute atomic E-state index is 13.8. The number of carbonyl (C=O) groups is 1. The van der Waals surface area contributed by atoms with Gasteiger partial charge in [-0.15, -0.1) is 5.10 Å². The lowest BCUT2D eigenvalue weighted by Gasteiger charge is -2.29. The number of thioether (sulfide) groups is 1. The molecular weight excluding hydrogens is 581 g/mol. The van der Waals surface area contributed by atoms with Crippen LogP contribution in [0.3, 0.4) is 0 Å². The van der Waals surface area contributed by atoms with Crippen LogP contribution in [0.2, 0.25) is 10.0 Å². The summed E-state index contributed by atoms with van der Waals surface area (Å²) >= 11 is 13.8. The number of nitrogens with zero attached hydrogens (tertiary/aromatic N) is 3. The van der Waals surface area contributed by atoms with Crippen molar-refractivity contribution in [1.82, 2.24) is 14.8 Å². The Balaban J connectivity index is 1.45. The maximum Gasteiger partial charge on any atom is 0.255 e. The van der Waals surface area contributed by atoms with Crippen LogP contribution < -0.4 is 20.1 Å². The molecule has 1 unspecified atom stereocenters. The fraction of sp³-hybridized carbons (Fsp3) is 0.233. The van der Waals surface area contributed by atoms with Gasteiger partial charge < -0.3 is 20.1 Å². The van der Waals surface area contributed by atoms with Gasteiger partial charge in [0.15, 0.2) is 0 Å². The van der Waals surface area contributed by atoms with E-state index in [0.29, 0.717) is 56.2 Å². The third-order valence-corrected chi connectivity index (χ3v) is 8.24. The number of ether oxygens (including phenoxy) is 2. The predicted octanol–water partition coefficient (Wildman–Crippen LogP) is 7.60. The Bertz CT molecular complexity index is 1590. The van der Waals surface area contributed by atoms with E-state index >= 15 is 0 Å². The number of fused-ring (bicyclic) bond motifs is 1. The second-order valence-corrected chi connectivity index (χ2v) is 11.2. The van der Waals surface area contributed by atoms with Gasteiger partial charge in [-0.2, -0.15) is 4.98 Å². The molecule has 0 fully saturated rings. The number of benzene rings is 3. The minimum absolute atomic E-state index is 0.270. The summed E-state index contributed by atoms with van der Waals surface area (Å²) in [6.45, 7) is 4.32. The first-order valence-corrected chi connectivity index (χ1v) is 14.8. The third-order valence-electron chi connectivity index (χ3n) is 6.45. The smallest absolute Gasteiger partial charge is 0.255 e. The van der Waals surface area contributed by atoms with E-state index in [-0.39, 0.29) is 5.91 Å². The highest BCUT2D eigenvalue weighted by molar-refractivity contribution is 7.99. The van der Waals surface area contributed by atoms with E-state index in [1.54, 1.807) is 47.8 Å². The van der Waals surface area contributed by atoms with Gasteiger partial charge in [0.25, 0.3) is 5.91 Å². The Morgan fingerprint density at radius 2 is 1.88 bits per heavy atom. The number of allylic oxidation sites excluding steroid dienone is 1. The lowest BCUT2D eigenvalue weighted by atomic mass is 9.95.